The molecule has 0 bridgehead atoms. The summed E-state index contributed by atoms with van der Waals surface area (Å²) in [6, 6.07) is 7.00. The Bertz CT molecular complexity index is 1230. The van der Waals surface area contributed by atoms with Crippen molar-refractivity contribution in [1.82, 2.24) is 0 Å². The average Bonchev–Trinajstić information content (AvgIpc) is 2.78. The molecule has 2 aromatic carbocycles. The number of hydrogen-bond donors (Lipinski definition) is 3. The van der Waals surface area contributed by atoms with E-state index in [2.05, 4.69) is 22.1 Å². The molecular weight excluding hydrogens is 430 g/mol. The molecule has 0 radical (unpaired) electrons. The number of aromatic hydroxyl groups is 1. The molecule has 0 aliphatic heterocycles. The molecule has 0 heterocycles. The fourth-order valence-corrected chi connectivity index (χ4v) is 3.32. The van der Waals surface area contributed by atoms with Gasteiger partial charge < -0.3 is 15.5 Å². The number of amides is 1. The van der Waals surface area contributed by atoms with Crippen LogP contribution in [0.5, 0.6) is 5.75 Å². The van der Waals surface area contributed by atoms with E-state index in [0.717, 1.165) is 11.1 Å². The second kappa shape index (κ2) is 11.9. The van der Waals surface area contributed by atoms with Crippen molar-refractivity contribution in [2.24, 2.45) is 16.1 Å². The molecule has 3 N–H and O–H groups in total. The highest BCUT2D eigenvalue weighted by atomic mass is 16.4. The summed E-state index contributed by atoms with van der Waals surface area (Å²) in [5.74, 6) is -2.11. The predicted octanol–water partition coefficient (Wildman–Crippen LogP) is 5.00. The number of azo groups is 1. The van der Waals surface area contributed by atoms with Crippen molar-refractivity contribution >= 4 is 35.9 Å². The number of carbonyl (C=O) groups is 2. The highest BCUT2D eigenvalue weighted by Crippen LogP contribution is 2.28. The van der Waals surface area contributed by atoms with Crippen molar-refractivity contribution in [1.29, 1.82) is 0 Å². The molecule has 7 heteroatoms. The first-order chi connectivity index (χ1) is 16.0. The van der Waals surface area contributed by atoms with Gasteiger partial charge in [0.15, 0.2) is 5.75 Å². The minimum Gasteiger partial charge on any atom is -0.505 e. The Morgan fingerprint density at radius 1 is 1.18 bits per heavy atom. The van der Waals surface area contributed by atoms with E-state index < -0.39 is 17.8 Å². The van der Waals surface area contributed by atoms with Gasteiger partial charge in [0.25, 0.3) is 5.91 Å². The number of carboxylic acid groups (broad SMARTS) is 1. The van der Waals surface area contributed by atoms with E-state index in [1.54, 1.807) is 19.1 Å². The number of benzene rings is 2. The Morgan fingerprint density at radius 3 is 2.50 bits per heavy atom. The molecule has 0 spiro atoms. The van der Waals surface area contributed by atoms with Crippen LogP contribution in [-0.2, 0) is 4.79 Å². The fraction of sp³-hybridized carbons (Fsp3) is 0.333. The summed E-state index contributed by atoms with van der Waals surface area (Å²) in [4.78, 5) is 24.1. The molecule has 7 nitrogen and oxygen atoms in total. The Labute approximate surface area is 200 Å². The number of phenolic OH excluding ortho intramolecular Hbond substituents is 1. The summed E-state index contributed by atoms with van der Waals surface area (Å²) in [5, 5.41) is 32.4. The van der Waals surface area contributed by atoms with Gasteiger partial charge >= 0.3 is 5.97 Å². The van der Waals surface area contributed by atoms with E-state index in [-0.39, 0.29) is 23.0 Å². The topological polar surface area (TPSA) is 111 Å². The van der Waals surface area contributed by atoms with Crippen LogP contribution in [0.4, 0.5) is 11.4 Å². The van der Waals surface area contributed by atoms with Gasteiger partial charge in [0.05, 0.1) is 17.5 Å². The number of nitrogens with one attached hydrogen (secondary N) is 1. The highest BCUT2D eigenvalue weighted by molar-refractivity contribution is 6.07. The number of aryl methyl sites for hydroxylation is 2. The number of carbonyl (C=O) groups excluding carboxylic acids is 1. The third-order valence-corrected chi connectivity index (χ3v) is 5.55. The highest BCUT2D eigenvalue weighted by Gasteiger charge is 2.18. The number of hydrogen-bond acceptors (Lipinski definition) is 5. The molecule has 0 saturated heterocycles. The molecule has 0 aromatic heterocycles. The van der Waals surface area contributed by atoms with Crippen LogP contribution < -0.4 is 15.8 Å². The lowest BCUT2D eigenvalue weighted by molar-refractivity contribution is -0.141. The van der Waals surface area contributed by atoms with Crippen molar-refractivity contribution in [2.45, 2.75) is 53.5 Å². The van der Waals surface area contributed by atoms with Gasteiger partial charge in [0.1, 0.15) is 5.69 Å². The number of carboxylic acids is 1. The van der Waals surface area contributed by atoms with Gasteiger partial charge in [0, 0.05) is 10.9 Å². The smallest absolute Gasteiger partial charge is 0.306 e. The molecule has 2 aromatic rings. The van der Waals surface area contributed by atoms with Crippen molar-refractivity contribution in [3.8, 4) is 5.75 Å². The molecule has 0 aliphatic carbocycles. The zero-order chi connectivity index (χ0) is 25.4. The molecule has 0 aliphatic rings. The van der Waals surface area contributed by atoms with Crippen LogP contribution in [0.3, 0.4) is 0 Å². The SMILES string of the molecule is C=c1c(/N=N/C(C)CCC(C)C(=O)O)c(O)c(C(=O)Nc2ccc(C)cc2C)c/c1=C/C=C\C. The van der Waals surface area contributed by atoms with Gasteiger partial charge in [-0.2, -0.15) is 10.2 Å². The Balaban J connectivity index is 2.44. The summed E-state index contributed by atoms with van der Waals surface area (Å²) >= 11 is 0. The summed E-state index contributed by atoms with van der Waals surface area (Å²) in [5.41, 5.74) is 2.81. The monoisotopic (exact) mass is 463 g/mol. The van der Waals surface area contributed by atoms with Crippen molar-refractivity contribution < 1.29 is 19.8 Å². The van der Waals surface area contributed by atoms with E-state index in [0.29, 0.717) is 29.0 Å². The molecule has 1 amide bonds. The maximum absolute atomic E-state index is 13.1. The zero-order valence-corrected chi connectivity index (χ0v) is 20.4. The molecule has 2 unspecified atom stereocenters. The summed E-state index contributed by atoms with van der Waals surface area (Å²) in [6.45, 7) is 13.2. The Kier molecular flexibility index (Phi) is 9.30. The lowest BCUT2D eigenvalue weighted by Gasteiger charge is -2.12. The largest absolute Gasteiger partial charge is 0.505 e. The van der Waals surface area contributed by atoms with E-state index in [1.165, 1.54) is 0 Å². The standard InChI is InChI=1S/C27H33N3O4/c1-7-8-9-21-15-22(26(32)28-23-13-10-16(2)14-18(23)4)25(31)24(20(21)6)30-29-19(5)12-11-17(3)27(33)34/h7-10,13-15,17,19,31H,6,11-12H2,1-5H3,(H,28,32)(H,33,34)/b8-7-,21-9-,30-29+. The Morgan fingerprint density at radius 2 is 1.88 bits per heavy atom. The van der Waals surface area contributed by atoms with Crippen molar-refractivity contribution in [3.05, 3.63) is 63.5 Å². The van der Waals surface area contributed by atoms with E-state index in [4.69, 9.17) is 5.11 Å². The van der Waals surface area contributed by atoms with E-state index >= 15 is 0 Å². The van der Waals surface area contributed by atoms with Gasteiger partial charge in [-0.1, -0.05) is 49.4 Å². The quantitative estimate of drug-likeness (QED) is 0.454. The number of anilines is 1. The van der Waals surface area contributed by atoms with E-state index in [1.807, 2.05) is 58.0 Å². The number of aliphatic carboxylic acids is 1. The van der Waals surface area contributed by atoms with Crippen molar-refractivity contribution in [2.75, 3.05) is 5.32 Å². The Hall–Kier alpha value is -3.74. The molecule has 180 valence electrons. The maximum atomic E-state index is 13.1. The van der Waals surface area contributed by atoms with Gasteiger partial charge in [-0.25, -0.2) is 0 Å². The third kappa shape index (κ3) is 6.88. The second-order valence-electron chi connectivity index (χ2n) is 8.54. The van der Waals surface area contributed by atoms with Crippen LogP contribution >= 0.6 is 0 Å². The predicted molar refractivity (Wildman–Crippen MR) is 136 cm³/mol. The first-order valence-electron chi connectivity index (χ1n) is 11.2. The average molecular weight is 464 g/mol. The van der Waals surface area contributed by atoms with Crippen LogP contribution in [0.15, 0.2) is 46.6 Å². The number of phenols is 1. The van der Waals surface area contributed by atoms with Crippen LogP contribution in [0.1, 0.15) is 55.1 Å². The van der Waals surface area contributed by atoms with Crippen LogP contribution in [0.2, 0.25) is 0 Å². The summed E-state index contributed by atoms with van der Waals surface area (Å²) in [6.07, 6.45) is 6.41. The summed E-state index contributed by atoms with van der Waals surface area (Å²) < 4.78 is 0. The number of allylic oxidation sites excluding steroid dienone is 2. The third-order valence-electron chi connectivity index (χ3n) is 5.55. The van der Waals surface area contributed by atoms with Crippen molar-refractivity contribution in [3.63, 3.8) is 0 Å². The van der Waals surface area contributed by atoms with Crippen LogP contribution in [0.25, 0.3) is 12.7 Å². The number of rotatable bonds is 9. The molecule has 0 fully saturated rings. The minimum atomic E-state index is -0.853. The van der Waals surface area contributed by atoms with E-state index in [9.17, 15) is 14.7 Å². The summed E-state index contributed by atoms with van der Waals surface area (Å²) in [7, 11) is 0. The number of nitrogens with zero attached hydrogens (tertiary/aromatic N) is 2. The normalized spacial score (nSPS) is 14.0. The minimum absolute atomic E-state index is 0.0595. The van der Waals surface area contributed by atoms with Crippen LogP contribution in [0, 0.1) is 19.8 Å². The van der Waals surface area contributed by atoms with Crippen LogP contribution in [-0.4, -0.2) is 28.1 Å². The lowest BCUT2D eigenvalue weighted by Crippen LogP contribution is -2.26. The molecule has 34 heavy (non-hydrogen) atoms. The second-order valence-corrected chi connectivity index (χ2v) is 8.54. The lowest BCUT2D eigenvalue weighted by atomic mass is 10.0. The zero-order valence-electron chi connectivity index (χ0n) is 20.4. The van der Waals surface area contributed by atoms with Gasteiger partial charge in [0.2, 0.25) is 0 Å². The molecule has 0 saturated carbocycles. The van der Waals surface area contributed by atoms with Gasteiger partial charge in [-0.05, 0) is 63.5 Å². The first kappa shape index (κ1) is 26.5. The molecular formula is C27H33N3O4. The fourth-order valence-electron chi connectivity index (χ4n) is 3.32. The van der Waals surface area contributed by atoms with Gasteiger partial charge in [-0.15, -0.1) is 0 Å². The molecule has 2 rings (SSSR count). The molecule has 2 atom stereocenters. The first-order valence-corrected chi connectivity index (χ1v) is 11.2. The van der Waals surface area contributed by atoms with Gasteiger partial charge in [-0.3, -0.25) is 9.59 Å². The maximum Gasteiger partial charge on any atom is 0.306 e.